The molecule has 0 aliphatic carbocycles. The lowest BCUT2D eigenvalue weighted by Crippen LogP contribution is -2.45. The highest BCUT2D eigenvalue weighted by atomic mass is 35.5. The smallest absolute Gasteiger partial charge is 0.416 e. The normalized spacial score (nSPS) is 16.9. The Bertz CT molecular complexity index is 804. The molecule has 0 radical (unpaired) electrons. The molecule has 0 amide bonds. The molecular weight excluding hydrogens is 442 g/mol. The molecule has 1 fully saturated rings. The first-order chi connectivity index (χ1) is 13.1. The van der Waals surface area contributed by atoms with Crippen LogP contribution in [0.25, 0.3) is 0 Å². The molecule has 1 atom stereocenters. The van der Waals surface area contributed by atoms with Gasteiger partial charge in [-0.25, -0.2) is 0 Å². The van der Waals surface area contributed by atoms with Crippen LogP contribution in [0.5, 0.6) is 5.75 Å². The highest BCUT2D eigenvalue weighted by Gasteiger charge is 2.43. The maximum Gasteiger partial charge on any atom is 0.416 e. The van der Waals surface area contributed by atoms with Crippen LogP contribution in [-0.2, 0) is 12.4 Å². The Kier molecular flexibility index (Phi) is 7.47. The fraction of sp³-hybridized carbons (Fsp3) is 0.444. The van der Waals surface area contributed by atoms with Crippen LogP contribution in [0.15, 0.2) is 29.6 Å². The van der Waals surface area contributed by atoms with Gasteiger partial charge in [0, 0.05) is 36.6 Å². The van der Waals surface area contributed by atoms with Crippen molar-refractivity contribution >= 4 is 23.7 Å². The maximum absolute atomic E-state index is 13.9. The van der Waals surface area contributed by atoms with E-state index in [-0.39, 0.29) is 24.0 Å². The minimum atomic E-state index is -4.96. The number of rotatable bonds is 4. The van der Waals surface area contributed by atoms with Crippen LogP contribution in [0.4, 0.5) is 26.3 Å². The van der Waals surface area contributed by atoms with Crippen LogP contribution in [-0.4, -0.2) is 38.2 Å². The molecule has 0 unspecified atom stereocenters. The fourth-order valence-corrected chi connectivity index (χ4v) is 4.23. The fourth-order valence-electron chi connectivity index (χ4n) is 3.37. The second kappa shape index (κ2) is 9.11. The molecule has 1 aromatic heterocycles. The number of hydrogen-bond acceptors (Lipinski definition) is 4. The molecule has 1 N–H and O–H groups in total. The summed E-state index contributed by atoms with van der Waals surface area (Å²) in [6.45, 7) is 2.08. The second-order valence-corrected chi connectivity index (χ2v) is 7.32. The summed E-state index contributed by atoms with van der Waals surface area (Å²) in [5.41, 5.74) is -2.99. The van der Waals surface area contributed by atoms with E-state index in [9.17, 15) is 26.3 Å². The predicted octanol–water partition coefficient (Wildman–Crippen LogP) is 5.21. The number of nitrogens with one attached hydrogen (secondary N) is 1. The molecule has 1 aliphatic rings. The van der Waals surface area contributed by atoms with Crippen molar-refractivity contribution in [3.8, 4) is 5.75 Å². The molecule has 0 bridgehead atoms. The zero-order valence-electron chi connectivity index (χ0n) is 15.2. The molecule has 2 heterocycles. The molecule has 2 aromatic rings. The summed E-state index contributed by atoms with van der Waals surface area (Å²) < 4.78 is 86.2. The summed E-state index contributed by atoms with van der Waals surface area (Å²) in [4.78, 5) is 2.45. The van der Waals surface area contributed by atoms with Crippen molar-refractivity contribution in [2.45, 2.75) is 18.4 Å². The van der Waals surface area contributed by atoms with Crippen LogP contribution in [0.1, 0.15) is 27.6 Å². The Morgan fingerprint density at radius 2 is 1.72 bits per heavy atom. The molecule has 0 saturated carbocycles. The van der Waals surface area contributed by atoms with E-state index in [1.54, 1.807) is 17.5 Å². The summed E-state index contributed by atoms with van der Waals surface area (Å²) in [5, 5.41) is 4.86. The van der Waals surface area contributed by atoms with E-state index in [1.807, 2.05) is 4.90 Å². The number of benzene rings is 1. The highest BCUT2D eigenvalue weighted by molar-refractivity contribution is 7.10. The molecule has 162 valence electrons. The summed E-state index contributed by atoms with van der Waals surface area (Å²) in [6.07, 6.45) is -9.88. The average molecular weight is 461 g/mol. The summed E-state index contributed by atoms with van der Waals surface area (Å²) in [7, 11) is 1.09. The lowest BCUT2D eigenvalue weighted by atomic mass is 9.93. The van der Waals surface area contributed by atoms with Crippen LogP contribution in [0.3, 0.4) is 0 Å². The Balaban J connectivity index is 0.00000300. The molecule has 29 heavy (non-hydrogen) atoms. The maximum atomic E-state index is 13.9. The topological polar surface area (TPSA) is 24.5 Å². The van der Waals surface area contributed by atoms with E-state index in [0.29, 0.717) is 37.1 Å². The van der Waals surface area contributed by atoms with Gasteiger partial charge < -0.3 is 10.1 Å². The third kappa shape index (κ3) is 5.17. The highest BCUT2D eigenvalue weighted by Crippen LogP contribution is 2.47. The quantitative estimate of drug-likeness (QED) is 0.634. The van der Waals surface area contributed by atoms with Crippen LogP contribution in [0, 0.1) is 0 Å². The monoisotopic (exact) mass is 460 g/mol. The molecule has 0 spiro atoms. The van der Waals surface area contributed by atoms with Crippen LogP contribution < -0.4 is 10.1 Å². The molecule has 1 saturated heterocycles. The Hall–Kier alpha value is -1.49. The summed E-state index contributed by atoms with van der Waals surface area (Å²) >= 11 is 1.26. The van der Waals surface area contributed by atoms with E-state index in [0.717, 1.165) is 7.11 Å². The Morgan fingerprint density at radius 1 is 1.07 bits per heavy atom. The van der Waals surface area contributed by atoms with Gasteiger partial charge in [-0.05, 0) is 23.6 Å². The summed E-state index contributed by atoms with van der Waals surface area (Å²) in [6, 6.07) is 3.37. The Morgan fingerprint density at radius 3 is 2.21 bits per heavy atom. The number of nitrogens with zero attached hydrogens (tertiary/aromatic N) is 1. The van der Waals surface area contributed by atoms with Gasteiger partial charge in [0.1, 0.15) is 5.75 Å². The standard InChI is InChI=1S/C18H18F6N2OS.ClH/c1-27-13-10-11(17(19,20)21)9-12(18(22,23)24)15(13)16(14-3-2-8-28-14)26-6-4-25-5-7-26;/h2-3,8-10,16,25H,4-7H2,1H3;1H/t16-;/m0./s1. The van der Waals surface area contributed by atoms with Gasteiger partial charge in [0.25, 0.3) is 0 Å². The second-order valence-electron chi connectivity index (χ2n) is 6.34. The number of halogens is 7. The molecule has 3 rings (SSSR count). The first kappa shape index (κ1) is 23.8. The van der Waals surface area contributed by atoms with Gasteiger partial charge in [0.2, 0.25) is 0 Å². The van der Waals surface area contributed by atoms with E-state index in [1.165, 1.54) is 11.3 Å². The van der Waals surface area contributed by atoms with Crippen molar-refractivity contribution in [1.29, 1.82) is 0 Å². The van der Waals surface area contributed by atoms with Gasteiger partial charge in [-0.2, -0.15) is 26.3 Å². The lowest BCUT2D eigenvalue weighted by molar-refractivity contribution is -0.144. The third-order valence-corrected chi connectivity index (χ3v) is 5.52. The zero-order chi connectivity index (χ0) is 20.5. The first-order valence-electron chi connectivity index (χ1n) is 8.47. The van der Waals surface area contributed by atoms with Crippen LogP contribution >= 0.6 is 23.7 Å². The van der Waals surface area contributed by atoms with Gasteiger partial charge in [-0.15, -0.1) is 23.7 Å². The van der Waals surface area contributed by atoms with Crippen molar-refractivity contribution < 1.29 is 31.1 Å². The van der Waals surface area contributed by atoms with Crippen molar-refractivity contribution in [1.82, 2.24) is 10.2 Å². The van der Waals surface area contributed by atoms with E-state index < -0.39 is 35.3 Å². The van der Waals surface area contributed by atoms with Gasteiger partial charge in [0.05, 0.1) is 24.3 Å². The van der Waals surface area contributed by atoms with Crippen molar-refractivity contribution in [3.63, 3.8) is 0 Å². The Labute approximate surface area is 174 Å². The molecule has 1 aromatic carbocycles. The summed E-state index contributed by atoms with van der Waals surface area (Å²) in [5.74, 6) is -0.418. The van der Waals surface area contributed by atoms with Crippen molar-refractivity contribution in [2.24, 2.45) is 0 Å². The average Bonchev–Trinajstić information content (AvgIpc) is 3.15. The van der Waals surface area contributed by atoms with Gasteiger partial charge in [-0.3, -0.25) is 4.90 Å². The van der Waals surface area contributed by atoms with Crippen molar-refractivity contribution in [2.75, 3.05) is 33.3 Å². The van der Waals surface area contributed by atoms with Crippen molar-refractivity contribution in [3.05, 3.63) is 51.2 Å². The SMILES string of the molecule is COc1cc(C(F)(F)F)cc(C(F)(F)F)c1[C@H](c1cccs1)N1CCNCC1.Cl. The first-order valence-corrected chi connectivity index (χ1v) is 9.35. The molecule has 1 aliphatic heterocycles. The third-order valence-electron chi connectivity index (χ3n) is 4.60. The number of piperazine rings is 1. The lowest BCUT2D eigenvalue weighted by Gasteiger charge is -2.36. The number of alkyl halides is 6. The van der Waals surface area contributed by atoms with E-state index >= 15 is 0 Å². The van der Waals surface area contributed by atoms with Gasteiger partial charge in [-0.1, -0.05) is 6.07 Å². The molecule has 11 heteroatoms. The van der Waals surface area contributed by atoms with Gasteiger partial charge in [0.15, 0.2) is 0 Å². The van der Waals surface area contributed by atoms with E-state index in [4.69, 9.17) is 4.74 Å². The molecule has 3 nitrogen and oxygen atoms in total. The number of ether oxygens (including phenoxy) is 1. The van der Waals surface area contributed by atoms with E-state index in [2.05, 4.69) is 5.32 Å². The zero-order valence-corrected chi connectivity index (χ0v) is 16.9. The predicted molar refractivity (Wildman–Crippen MR) is 101 cm³/mol. The largest absolute Gasteiger partial charge is 0.496 e. The minimum absolute atomic E-state index is 0. The molecular formula is C18H19ClF6N2OS. The van der Waals surface area contributed by atoms with Crippen LogP contribution in [0.2, 0.25) is 0 Å². The number of thiophene rings is 1. The minimum Gasteiger partial charge on any atom is -0.496 e. The number of hydrogen-bond donors (Lipinski definition) is 1. The van der Waals surface area contributed by atoms with Gasteiger partial charge >= 0.3 is 12.4 Å². The number of methoxy groups -OCH3 is 1.